The lowest BCUT2D eigenvalue weighted by Gasteiger charge is -2.13. The van der Waals surface area contributed by atoms with Crippen LogP contribution in [0.25, 0.3) is 0 Å². The molecule has 0 bridgehead atoms. The molecular weight excluding hydrogens is 272 g/mol. The lowest BCUT2D eigenvalue weighted by molar-refractivity contribution is 0.0938. The number of rotatable bonds is 5. The summed E-state index contributed by atoms with van der Waals surface area (Å²) in [6, 6.07) is 13.6. The van der Waals surface area contributed by atoms with Crippen LogP contribution in [0.3, 0.4) is 0 Å². The number of carbonyl (C=O) groups is 1. The number of nitrogens with zero attached hydrogens (tertiary/aromatic N) is 1. The topological polar surface area (TPSA) is 42.0 Å². The van der Waals surface area contributed by atoms with Gasteiger partial charge in [0.25, 0.3) is 5.91 Å². The number of nitrogens with one attached hydrogen (secondary N) is 1. The van der Waals surface area contributed by atoms with E-state index in [9.17, 15) is 4.79 Å². The van der Waals surface area contributed by atoms with Crippen molar-refractivity contribution in [2.45, 2.75) is 25.8 Å². The van der Waals surface area contributed by atoms with Gasteiger partial charge in [0, 0.05) is 12.2 Å². The molecule has 1 heterocycles. The van der Waals surface area contributed by atoms with Gasteiger partial charge in [-0.1, -0.05) is 41.9 Å². The first-order valence-electron chi connectivity index (χ1n) is 6.61. The fraction of sp³-hybridized carbons (Fsp3) is 0.250. The molecule has 1 atom stereocenters. The largest absolute Gasteiger partial charge is 0.350 e. The highest BCUT2D eigenvalue weighted by Gasteiger charge is 2.10. The van der Waals surface area contributed by atoms with Crippen molar-refractivity contribution < 1.29 is 4.79 Å². The maximum atomic E-state index is 12.0. The van der Waals surface area contributed by atoms with Crippen molar-refractivity contribution in [2.24, 2.45) is 0 Å². The highest BCUT2D eigenvalue weighted by atomic mass is 35.5. The SMILES string of the molecule is C[C@@H](CCc1ccccc1)NC(=O)c1ccc(Cl)nc1. The van der Waals surface area contributed by atoms with Crippen LogP contribution in [-0.4, -0.2) is 16.9 Å². The first-order chi connectivity index (χ1) is 9.65. The van der Waals surface area contributed by atoms with Gasteiger partial charge in [0.15, 0.2) is 0 Å². The second-order valence-electron chi connectivity index (χ2n) is 4.77. The molecule has 0 spiro atoms. The van der Waals surface area contributed by atoms with E-state index in [2.05, 4.69) is 22.4 Å². The molecule has 1 N–H and O–H groups in total. The zero-order valence-corrected chi connectivity index (χ0v) is 12.1. The first kappa shape index (κ1) is 14.5. The number of benzene rings is 1. The van der Waals surface area contributed by atoms with E-state index in [0.717, 1.165) is 12.8 Å². The Labute approximate surface area is 124 Å². The first-order valence-corrected chi connectivity index (χ1v) is 6.99. The van der Waals surface area contributed by atoms with Crippen LogP contribution >= 0.6 is 11.6 Å². The number of hydrogen-bond donors (Lipinski definition) is 1. The summed E-state index contributed by atoms with van der Waals surface area (Å²) < 4.78 is 0. The molecule has 1 aromatic heterocycles. The quantitative estimate of drug-likeness (QED) is 0.856. The minimum Gasteiger partial charge on any atom is -0.350 e. The fourth-order valence-corrected chi connectivity index (χ4v) is 2.03. The number of amides is 1. The monoisotopic (exact) mass is 288 g/mol. The van der Waals surface area contributed by atoms with Gasteiger partial charge in [-0.15, -0.1) is 0 Å². The Morgan fingerprint density at radius 2 is 2.00 bits per heavy atom. The Balaban J connectivity index is 1.83. The molecule has 4 heteroatoms. The third-order valence-corrected chi connectivity index (χ3v) is 3.30. The van der Waals surface area contributed by atoms with Crippen LogP contribution in [0.1, 0.15) is 29.3 Å². The number of carbonyl (C=O) groups excluding carboxylic acids is 1. The van der Waals surface area contributed by atoms with Crippen molar-refractivity contribution >= 4 is 17.5 Å². The Kier molecular flexibility index (Phi) is 5.13. The van der Waals surface area contributed by atoms with Gasteiger partial charge in [-0.3, -0.25) is 4.79 Å². The number of pyridine rings is 1. The normalized spacial score (nSPS) is 11.9. The predicted molar refractivity (Wildman–Crippen MR) is 80.9 cm³/mol. The van der Waals surface area contributed by atoms with Crippen LogP contribution < -0.4 is 5.32 Å². The lowest BCUT2D eigenvalue weighted by Crippen LogP contribution is -2.32. The number of hydrogen-bond acceptors (Lipinski definition) is 2. The Morgan fingerprint density at radius 3 is 2.65 bits per heavy atom. The van der Waals surface area contributed by atoms with E-state index in [1.54, 1.807) is 12.1 Å². The molecule has 0 aliphatic rings. The Morgan fingerprint density at radius 1 is 1.25 bits per heavy atom. The summed E-state index contributed by atoms with van der Waals surface area (Å²) in [5.41, 5.74) is 1.81. The molecule has 1 aromatic carbocycles. The number of halogens is 1. The predicted octanol–water partition coefficient (Wildman–Crippen LogP) is 3.49. The van der Waals surface area contributed by atoms with Gasteiger partial charge < -0.3 is 5.32 Å². The molecule has 104 valence electrons. The van der Waals surface area contributed by atoms with Gasteiger partial charge in [0.2, 0.25) is 0 Å². The van der Waals surface area contributed by atoms with Crippen molar-refractivity contribution in [3.63, 3.8) is 0 Å². The van der Waals surface area contributed by atoms with Gasteiger partial charge >= 0.3 is 0 Å². The van der Waals surface area contributed by atoms with Crippen LogP contribution in [0, 0.1) is 0 Å². The van der Waals surface area contributed by atoms with E-state index in [1.165, 1.54) is 11.8 Å². The van der Waals surface area contributed by atoms with E-state index < -0.39 is 0 Å². The standard InChI is InChI=1S/C16H17ClN2O/c1-12(7-8-13-5-3-2-4-6-13)19-16(20)14-9-10-15(17)18-11-14/h2-6,9-12H,7-8H2,1H3,(H,19,20)/t12-/m0/s1. The van der Waals surface area contributed by atoms with E-state index in [1.807, 2.05) is 25.1 Å². The van der Waals surface area contributed by atoms with Crippen LogP contribution in [-0.2, 0) is 6.42 Å². The number of aryl methyl sites for hydroxylation is 1. The summed E-state index contributed by atoms with van der Waals surface area (Å²) >= 11 is 5.70. The molecule has 0 saturated carbocycles. The van der Waals surface area contributed by atoms with Crippen LogP contribution in [0.2, 0.25) is 5.15 Å². The van der Waals surface area contributed by atoms with Crippen molar-refractivity contribution in [1.29, 1.82) is 0 Å². The lowest BCUT2D eigenvalue weighted by atomic mass is 10.1. The second-order valence-corrected chi connectivity index (χ2v) is 5.16. The summed E-state index contributed by atoms with van der Waals surface area (Å²) in [6.45, 7) is 2.00. The van der Waals surface area contributed by atoms with Crippen molar-refractivity contribution in [3.05, 3.63) is 64.9 Å². The Bertz CT molecular complexity index is 554. The van der Waals surface area contributed by atoms with Gasteiger partial charge in [-0.25, -0.2) is 4.98 Å². The summed E-state index contributed by atoms with van der Waals surface area (Å²) in [5.74, 6) is -0.116. The third-order valence-electron chi connectivity index (χ3n) is 3.08. The van der Waals surface area contributed by atoms with Crippen molar-refractivity contribution in [3.8, 4) is 0 Å². The van der Waals surface area contributed by atoms with Gasteiger partial charge in [0.05, 0.1) is 5.56 Å². The minimum absolute atomic E-state index is 0.110. The fourth-order valence-electron chi connectivity index (χ4n) is 1.92. The van der Waals surface area contributed by atoms with Crippen LogP contribution in [0.5, 0.6) is 0 Å². The maximum absolute atomic E-state index is 12.0. The minimum atomic E-state index is -0.116. The molecule has 1 amide bonds. The maximum Gasteiger partial charge on any atom is 0.253 e. The summed E-state index contributed by atoms with van der Waals surface area (Å²) in [6.07, 6.45) is 3.33. The highest BCUT2D eigenvalue weighted by molar-refractivity contribution is 6.29. The van der Waals surface area contributed by atoms with Crippen LogP contribution in [0.4, 0.5) is 0 Å². The Hall–Kier alpha value is -1.87. The van der Waals surface area contributed by atoms with Gasteiger partial charge in [-0.2, -0.15) is 0 Å². The zero-order valence-electron chi connectivity index (χ0n) is 11.3. The smallest absolute Gasteiger partial charge is 0.253 e. The van der Waals surface area contributed by atoms with Crippen molar-refractivity contribution in [1.82, 2.24) is 10.3 Å². The van der Waals surface area contributed by atoms with Crippen LogP contribution in [0.15, 0.2) is 48.7 Å². The molecule has 2 rings (SSSR count). The third kappa shape index (κ3) is 4.35. The molecule has 0 aliphatic heterocycles. The average Bonchev–Trinajstić information content (AvgIpc) is 2.47. The molecule has 0 fully saturated rings. The van der Waals surface area contributed by atoms with E-state index in [0.29, 0.717) is 10.7 Å². The highest BCUT2D eigenvalue weighted by Crippen LogP contribution is 2.07. The zero-order chi connectivity index (χ0) is 14.4. The number of aromatic nitrogens is 1. The van der Waals surface area contributed by atoms with E-state index in [4.69, 9.17) is 11.6 Å². The average molecular weight is 289 g/mol. The molecule has 0 aliphatic carbocycles. The van der Waals surface area contributed by atoms with Crippen molar-refractivity contribution in [2.75, 3.05) is 0 Å². The van der Waals surface area contributed by atoms with E-state index in [-0.39, 0.29) is 11.9 Å². The van der Waals surface area contributed by atoms with Gasteiger partial charge in [0.1, 0.15) is 5.15 Å². The van der Waals surface area contributed by atoms with E-state index >= 15 is 0 Å². The summed E-state index contributed by atoms with van der Waals surface area (Å²) in [7, 11) is 0. The molecule has 2 aromatic rings. The molecule has 0 radical (unpaired) electrons. The molecular formula is C16H17ClN2O. The van der Waals surface area contributed by atoms with Gasteiger partial charge in [-0.05, 0) is 37.5 Å². The summed E-state index contributed by atoms with van der Waals surface area (Å²) in [5, 5.41) is 3.35. The molecule has 3 nitrogen and oxygen atoms in total. The molecule has 0 unspecified atom stereocenters. The molecule has 20 heavy (non-hydrogen) atoms. The summed E-state index contributed by atoms with van der Waals surface area (Å²) in [4.78, 5) is 15.9. The second kappa shape index (κ2) is 7.06. The molecule has 0 saturated heterocycles.